The minimum Gasteiger partial charge on any atom is -0.366 e. The third-order valence-corrected chi connectivity index (χ3v) is 7.69. The van der Waals surface area contributed by atoms with Gasteiger partial charge in [-0.1, -0.05) is 24.6 Å². The van der Waals surface area contributed by atoms with E-state index < -0.39 is 27.5 Å². The van der Waals surface area contributed by atoms with Crippen LogP contribution in [0.4, 0.5) is 13.2 Å². The van der Waals surface area contributed by atoms with Gasteiger partial charge in [0.1, 0.15) is 0 Å². The highest BCUT2D eigenvalue weighted by molar-refractivity contribution is 7.91. The molecule has 1 heterocycles. The fourth-order valence-electron chi connectivity index (χ4n) is 3.93. The summed E-state index contributed by atoms with van der Waals surface area (Å²) in [5, 5.41) is 3.42. The van der Waals surface area contributed by atoms with E-state index in [2.05, 4.69) is 5.32 Å². The SMILES string of the molecule is CCS(=O)(=O)c1ccc(Cl)cc1Cc1cc(CN2CCNCC2)c(C(F)(F)F)cc1C(N)=O. The van der Waals surface area contributed by atoms with Gasteiger partial charge in [-0.05, 0) is 47.4 Å². The summed E-state index contributed by atoms with van der Waals surface area (Å²) in [6.45, 7) is 4.02. The van der Waals surface area contributed by atoms with Crippen LogP contribution in [-0.4, -0.2) is 51.2 Å². The number of benzene rings is 2. The maximum Gasteiger partial charge on any atom is 0.416 e. The van der Waals surface area contributed by atoms with E-state index in [1.807, 2.05) is 4.90 Å². The van der Waals surface area contributed by atoms with Crippen LogP contribution in [0.3, 0.4) is 0 Å². The Hall–Kier alpha value is -2.14. The van der Waals surface area contributed by atoms with Gasteiger partial charge >= 0.3 is 6.18 Å². The zero-order valence-electron chi connectivity index (χ0n) is 18.0. The van der Waals surface area contributed by atoms with Crippen molar-refractivity contribution in [3.8, 4) is 0 Å². The van der Waals surface area contributed by atoms with Gasteiger partial charge in [0.15, 0.2) is 9.84 Å². The molecule has 1 aliphatic rings. The number of hydrogen-bond donors (Lipinski definition) is 2. The third kappa shape index (κ3) is 6.06. The lowest BCUT2D eigenvalue weighted by Crippen LogP contribution is -2.43. The summed E-state index contributed by atoms with van der Waals surface area (Å²) in [5.74, 6) is -1.18. The second-order valence-corrected chi connectivity index (χ2v) is 10.6. The first kappa shape index (κ1) is 25.5. The predicted octanol–water partition coefficient (Wildman–Crippen LogP) is 3.25. The zero-order valence-corrected chi connectivity index (χ0v) is 19.6. The Morgan fingerprint density at radius 1 is 1.12 bits per heavy atom. The lowest BCUT2D eigenvalue weighted by atomic mass is 9.93. The second kappa shape index (κ2) is 10.0. The maximum atomic E-state index is 13.8. The van der Waals surface area contributed by atoms with Gasteiger partial charge in [0, 0.05) is 43.3 Å². The Kier molecular flexibility index (Phi) is 7.73. The smallest absolute Gasteiger partial charge is 0.366 e. The molecule has 0 saturated carbocycles. The van der Waals surface area contributed by atoms with E-state index in [9.17, 15) is 26.4 Å². The molecule has 1 fully saturated rings. The zero-order chi connectivity index (χ0) is 24.4. The molecular weight excluding hydrogens is 479 g/mol. The summed E-state index contributed by atoms with van der Waals surface area (Å²) < 4.78 is 66.7. The molecule has 0 aromatic heterocycles. The first-order chi connectivity index (χ1) is 15.4. The molecule has 1 saturated heterocycles. The van der Waals surface area contributed by atoms with Crippen molar-refractivity contribution in [2.45, 2.75) is 31.0 Å². The number of hydrogen-bond acceptors (Lipinski definition) is 5. The molecule has 3 rings (SSSR count). The summed E-state index contributed by atoms with van der Waals surface area (Å²) in [7, 11) is -3.63. The number of primary amides is 1. The summed E-state index contributed by atoms with van der Waals surface area (Å²) in [6.07, 6.45) is -4.79. The fourth-order valence-corrected chi connectivity index (χ4v) is 5.24. The Balaban J connectivity index is 2.14. The second-order valence-electron chi connectivity index (χ2n) is 7.89. The standard InChI is InChI=1S/C22H25ClF3N3O3S/c1-2-33(31,32)20-4-3-17(23)11-15(20)9-14-10-16(13-29-7-5-28-6-8-29)19(22(24,25)26)12-18(14)21(27)30/h3-4,10-12,28H,2,5-9,13H2,1H3,(H2,27,30). The van der Waals surface area contributed by atoms with Crippen LogP contribution in [0.1, 0.15) is 39.5 Å². The van der Waals surface area contributed by atoms with Gasteiger partial charge in [-0.2, -0.15) is 13.2 Å². The number of carbonyl (C=O) groups excluding carboxylic acids is 1. The number of amides is 1. The normalized spacial score (nSPS) is 15.5. The van der Waals surface area contributed by atoms with E-state index in [-0.39, 0.29) is 45.3 Å². The molecule has 3 N–H and O–H groups in total. The first-order valence-electron chi connectivity index (χ1n) is 10.4. The van der Waals surface area contributed by atoms with Crippen molar-refractivity contribution in [1.82, 2.24) is 10.2 Å². The van der Waals surface area contributed by atoms with Gasteiger partial charge in [-0.3, -0.25) is 9.69 Å². The average molecular weight is 504 g/mol. The summed E-state index contributed by atoms with van der Waals surface area (Å²) in [4.78, 5) is 14.0. The molecule has 33 heavy (non-hydrogen) atoms. The van der Waals surface area contributed by atoms with Crippen molar-refractivity contribution >= 4 is 27.3 Å². The molecule has 1 aliphatic heterocycles. The third-order valence-electron chi connectivity index (χ3n) is 5.62. The number of sulfone groups is 1. The summed E-state index contributed by atoms with van der Waals surface area (Å²) in [6, 6.07) is 6.34. The highest BCUT2D eigenvalue weighted by atomic mass is 35.5. The number of halogens is 4. The molecule has 11 heteroatoms. The molecule has 1 amide bonds. The average Bonchev–Trinajstić information content (AvgIpc) is 2.73. The molecular formula is C22H25ClF3N3O3S. The lowest BCUT2D eigenvalue weighted by Gasteiger charge is -2.29. The molecule has 0 unspecified atom stereocenters. The van der Waals surface area contributed by atoms with E-state index >= 15 is 0 Å². The van der Waals surface area contributed by atoms with Crippen molar-refractivity contribution in [2.24, 2.45) is 5.73 Å². The molecule has 2 aromatic rings. The van der Waals surface area contributed by atoms with Crippen molar-refractivity contribution in [3.63, 3.8) is 0 Å². The van der Waals surface area contributed by atoms with Crippen LogP contribution < -0.4 is 11.1 Å². The highest BCUT2D eigenvalue weighted by Crippen LogP contribution is 2.36. The molecule has 0 aliphatic carbocycles. The number of carbonyl (C=O) groups is 1. The van der Waals surface area contributed by atoms with Crippen LogP contribution in [0, 0.1) is 0 Å². The molecule has 0 spiro atoms. The number of nitrogens with two attached hydrogens (primary N) is 1. The minimum absolute atomic E-state index is 0.00586. The number of piperazine rings is 1. The highest BCUT2D eigenvalue weighted by Gasteiger charge is 2.35. The largest absolute Gasteiger partial charge is 0.416 e. The quantitative estimate of drug-likeness (QED) is 0.605. The van der Waals surface area contributed by atoms with Crippen molar-refractivity contribution < 1.29 is 26.4 Å². The maximum absolute atomic E-state index is 13.8. The molecule has 0 radical (unpaired) electrons. The fraction of sp³-hybridized carbons (Fsp3) is 0.409. The summed E-state index contributed by atoms with van der Waals surface area (Å²) in [5.41, 5.74) is 4.72. The molecule has 180 valence electrons. The predicted molar refractivity (Wildman–Crippen MR) is 120 cm³/mol. The van der Waals surface area contributed by atoms with E-state index in [4.69, 9.17) is 17.3 Å². The lowest BCUT2D eigenvalue weighted by molar-refractivity contribution is -0.138. The van der Waals surface area contributed by atoms with Crippen LogP contribution in [0.25, 0.3) is 0 Å². The Morgan fingerprint density at radius 3 is 2.36 bits per heavy atom. The molecule has 2 aromatic carbocycles. The van der Waals surface area contributed by atoms with Crippen LogP contribution in [0.15, 0.2) is 35.2 Å². The number of nitrogens with one attached hydrogen (secondary N) is 1. The van der Waals surface area contributed by atoms with Gasteiger partial charge in [0.05, 0.1) is 16.2 Å². The number of rotatable bonds is 7. The monoisotopic (exact) mass is 503 g/mol. The number of nitrogens with zero attached hydrogens (tertiary/aromatic N) is 1. The van der Waals surface area contributed by atoms with E-state index in [1.54, 1.807) is 0 Å². The summed E-state index contributed by atoms with van der Waals surface area (Å²) >= 11 is 6.08. The van der Waals surface area contributed by atoms with E-state index in [0.29, 0.717) is 31.7 Å². The van der Waals surface area contributed by atoms with Crippen LogP contribution >= 0.6 is 11.6 Å². The van der Waals surface area contributed by atoms with Crippen molar-refractivity contribution in [1.29, 1.82) is 0 Å². The van der Waals surface area contributed by atoms with Crippen LogP contribution in [0.2, 0.25) is 5.02 Å². The Labute approximate surface area is 195 Å². The van der Waals surface area contributed by atoms with Gasteiger partial charge < -0.3 is 11.1 Å². The molecule has 6 nitrogen and oxygen atoms in total. The van der Waals surface area contributed by atoms with Gasteiger partial charge in [-0.25, -0.2) is 8.42 Å². The molecule has 0 atom stereocenters. The minimum atomic E-state index is -4.68. The Morgan fingerprint density at radius 2 is 1.79 bits per heavy atom. The number of alkyl halides is 3. The van der Waals surface area contributed by atoms with Crippen LogP contribution in [-0.2, 0) is 29.0 Å². The van der Waals surface area contributed by atoms with Crippen LogP contribution in [0.5, 0.6) is 0 Å². The van der Waals surface area contributed by atoms with Gasteiger partial charge in [0.2, 0.25) is 5.91 Å². The van der Waals surface area contributed by atoms with Gasteiger partial charge in [0.25, 0.3) is 0 Å². The molecule has 0 bridgehead atoms. The van der Waals surface area contributed by atoms with E-state index in [0.717, 1.165) is 6.07 Å². The van der Waals surface area contributed by atoms with Crippen molar-refractivity contribution in [3.05, 3.63) is 63.2 Å². The van der Waals surface area contributed by atoms with E-state index in [1.165, 1.54) is 31.2 Å². The van der Waals surface area contributed by atoms with Gasteiger partial charge in [-0.15, -0.1) is 0 Å². The topological polar surface area (TPSA) is 92.5 Å². The Bertz CT molecular complexity index is 1150. The van der Waals surface area contributed by atoms with Crippen molar-refractivity contribution in [2.75, 3.05) is 31.9 Å². The first-order valence-corrected chi connectivity index (χ1v) is 12.4.